The van der Waals surface area contributed by atoms with E-state index in [0.717, 1.165) is 5.56 Å². The smallest absolute Gasteiger partial charge is 0.313 e. The van der Waals surface area contributed by atoms with Gasteiger partial charge in [0.05, 0.1) is 6.61 Å². The lowest BCUT2D eigenvalue weighted by Crippen LogP contribution is -2.02. The Morgan fingerprint density at radius 1 is 1.24 bits per heavy atom. The molecule has 3 N–H and O–H groups in total. The number of benzene rings is 1. The summed E-state index contributed by atoms with van der Waals surface area (Å²) in [5.41, 5.74) is 5.84. The Hall–Kier alpha value is -0.670. The van der Waals surface area contributed by atoms with Gasteiger partial charge in [0.2, 0.25) is 0 Å². The minimum absolute atomic E-state index is 0.161. The molecule has 1 aromatic carbocycles. The van der Waals surface area contributed by atoms with E-state index >= 15 is 0 Å². The van der Waals surface area contributed by atoms with Crippen LogP contribution >= 0.6 is 7.75 Å². The highest BCUT2D eigenvalue weighted by molar-refractivity contribution is 7.50. The first-order valence-corrected chi connectivity index (χ1v) is 7.44. The number of hydrogen-bond acceptors (Lipinski definition) is 2. The van der Waals surface area contributed by atoms with Crippen LogP contribution in [0.15, 0.2) is 30.3 Å². The second-order valence-corrected chi connectivity index (χ2v) is 5.02. The van der Waals surface area contributed by atoms with E-state index in [0.29, 0.717) is 6.42 Å². The topological polar surface area (TPSA) is 72.6 Å². The molecule has 0 radical (unpaired) electrons. The summed E-state index contributed by atoms with van der Waals surface area (Å²) in [4.78, 5) is 8.61. The van der Waals surface area contributed by atoms with E-state index < -0.39 is 7.75 Å². The Bertz CT molecular complexity index is 322. The summed E-state index contributed by atoms with van der Waals surface area (Å²) < 4.78 is 15.0. The van der Waals surface area contributed by atoms with Crippen molar-refractivity contribution in [3.63, 3.8) is 0 Å². The molecule has 17 heavy (non-hydrogen) atoms. The first-order chi connectivity index (χ1) is 7.99. The summed E-state index contributed by atoms with van der Waals surface area (Å²) in [5, 5.41) is 0. The Balaban J connectivity index is 0.000000557. The number of rotatable bonds is 5. The van der Waals surface area contributed by atoms with Gasteiger partial charge in [0.15, 0.2) is 0 Å². The van der Waals surface area contributed by atoms with E-state index in [9.17, 15) is 4.57 Å². The van der Waals surface area contributed by atoms with Gasteiger partial charge in [0.25, 0.3) is 0 Å². The van der Waals surface area contributed by atoms with Crippen LogP contribution in [-0.4, -0.2) is 11.5 Å². The molecule has 1 unspecified atom stereocenters. The molecule has 0 heterocycles. The van der Waals surface area contributed by atoms with Crippen LogP contribution in [0, 0.1) is 0 Å². The van der Waals surface area contributed by atoms with Gasteiger partial charge in [0, 0.05) is 0 Å². The summed E-state index contributed by atoms with van der Waals surface area (Å²) in [6, 6.07) is 9.54. The van der Waals surface area contributed by atoms with Crippen LogP contribution in [0.4, 0.5) is 0 Å². The molecule has 0 saturated heterocycles. The largest absolute Gasteiger partial charge is 0.400 e. The van der Waals surface area contributed by atoms with Crippen molar-refractivity contribution in [3.8, 4) is 0 Å². The standard InChI is InChI=1S/C8H12NO3P.C4H10/c9-13(10,11)12-7-6-8-4-2-1-3-5-8;1-3-4-2/h1-5H,6-7H2,(H3,9,10,11);3-4H2,1-2H3. The summed E-state index contributed by atoms with van der Waals surface area (Å²) in [6.07, 6.45) is 3.22. The van der Waals surface area contributed by atoms with Gasteiger partial charge >= 0.3 is 7.75 Å². The van der Waals surface area contributed by atoms with Crippen LogP contribution in [-0.2, 0) is 15.5 Å². The van der Waals surface area contributed by atoms with Crippen LogP contribution < -0.4 is 5.50 Å². The highest BCUT2D eigenvalue weighted by Gasteiger charge is 2.09. The molecule has 5 heteroatoms. The molecule has 0 aromatic heterocycles. The number of nitrogens with two attached hydrogens (primary N) is 1. The SMILES string of the molecule is CCCC.NP(=O)(O)OCCc1ccccc1. The third-order valence-corrected chi connectivity index (χ3v) is 2.56. The highest BCUT2D eigenvalue weighted by Crippen LogP contribution is 2.30. The average molecular weight is 259 g/mol. The van der Waals surface area contributed by atoms with Gasteiger partial charge in [-0.3, -0.25) is 4.52 Å². The van der Waals surface area contributed by atoms with Gasteiger partial charge < -0.3 is 4.89 Å². The predicted octanol–water partition coefficient (Wildman–Crippen LogP) is 3.11. The van der Waals surface area contributed by atoms with Crippen molar-refractivity contribution in [2.45, 2.75) is 33.1 Å². The van der Waals surface area contributed by atoms with E-state index in [1.807, 2.05) is 30.3 Å². The quantitative estimate of drug-likeness (QED) is 0.797. The molecule has 1 rings (SSSR count). The summed E-state index contributed by atoms with van der Waals surface area (Å²) >= 11 is 0. The van der Waals surface area contributed by atoms with E-state index in [-0.39, 0.29) is 6.61 Å². The molecule has 0 bridgehead atoms. The molecular weight excluding hydrogens is 237 g/mol. The minimum atomic E-state index is -3.80. The lowest BCUT2D eigenvalue weighted by Gasteiger charge is -2.05. The maximum Gasteiger partial charge on any atom is 0.400 e. The van der Waals surface area contributed by atoms with Crippen molar-refractivity contribution in [1.29, 1.82) is 0 Å². The second-order valence-electron chi connectivity index (χ2n) is 3.63. The van der Waals surface area contributed by atoms with Gasteiger partial charge in [-0.15, -0.1) is 0 Å². The third kappa shape index (κ3) is 11.6. The van der Waals surface area contributed by atoms with Crippen LogP contribution in [0.5, 0.6) is 0 Å². The summed E-state index contributed by atoms with van der Waals surface area (Å²) in [7, 11) is -3.80. The van der Waals surface area contributed by atoms with Crippen molar-refractivity contribution in [2.75, 3.05) is 6.61 Å². The van der Waals surface area contributed by atoms with Crippen LogP contribution in [0.25, 0.3) is 0 Å². The van der Waals surface area contributed by atoms with Crippen molar-refractivity contribution >= 4 is 7.75 Å². The second kappa shape index (κ2) is 9.37. The molecule has 1 atom stereocenters. The first-order valence-electron chi connectivity index (χ1n) is 5.79. The molecule has 0 aliphatic carbocycles. The van der Waals surface area contributed by atoms with Crippen molar-refractivity contribution < 1.29 is 14.0 Å². The molecule has 0 saturated carbocycles. The minimum Gasteiger partial charge on any atom is -0.313 e. The van der Waals surface area contributed by atoms with Gasteiger partial charge in [-0.1, -0.05) is 57.0 Å². The maximum atomic E-state index is 10.5. The molecule has 4 nitrogen and oxygen atoms in total. The molecular formula is C12H22NO3P. The molecule has 0 fully saturated rings. The lowest BCUT2D eigenvalue weighted by molar-refractivity contribution is 0.263. The van der Waals surface area contributed by atoms with Crippen LogP contribution in [0.1, 0.15) is 32.3 Å². The Morgan fingerprint density at radius 2 is 1.76 bits per heavy atom. The van der Waals surface area contributed by atoms with E-state index in [1.165, 1.54) is 12.8 Å². The molecule has 0 aliphatic rings. The molecule has 1 aromatic rings. The van der Waals surface area contributed by atoms with E-state index in [1.54, 1.807) is 0 Å². The Kier molecular flexibility index (Phi) is 9.00. The fraction of sp³-hybridized carbons (Fsp3) is 0.500. The highest BCUT2D eigenvalue weighted by atomic mass is 31.2. The maximum absolute atomic E-state index is 10.5. The lowest BCUT2D eigenvalue weighted by atomic mass is 10.2. The zero-order chi connectivity index (χ0) is 13.1. The average Bonchev–Trinajstić information content (AvgIpc) is 2.29. The summed E-state index contributed by atoms with van der Waals surface area (Å²) in [5.74, 6) is 0. The first kappa shape index (κ1) is 16.3. The van der Waals surface area contributed by atoms with Gasteiger partial charge in [-0.2, -0.15) is 0 Å². The molecule has 0 spiro atoms. The molecule has 98 valence electrons. The van der Waals surface area contributed by atoms with E-state index in [2.05, 4.69) is 18.4 Å². The Morgan fingerprint density at radius 3 is 2.18 bits per heavy atom. The van der Waals surface area contributed by atoms with Crippen molar-refractivity contribution in [2.24, 2.45) is 5.50 Å². The monoisotopic (exact) mass is 259 g/mol. The van der Waals surface area contributed by atoms with Gasteiger partial charge in [-0.05, 0) is 12.0 Å². The zero-order valence-electron chi connectivity index (χ0n) is 10.5. The fourth-order valence-corrected chi connectivity index (χ4v) is 1.29. The van der Waals surface area contributed by atoms with Gasteiger partial charge in [-0.25, -0.2) is 10.1 Å². The third-order valence-electron chi connectivity index (χ3n) is 2.01. The molecule has 0 amide bonds. The van der Waals surface area contributed by atoms with Crippen LogP contribution in [0.2, 0.25) is 0 Å². The van der Waals surface area contributed by atoms with Crippen LogP contribution in [0.3, 0.4) is 0 Å². The van der Waals surface area contributed by atoms with Crippen molar-refractivity contribution in [3.05, 3.63) is 35.9 Å². The number of hydrogen-bond donors (Lipinski definition) is 2. The van der Waals surface area contributed by atoms with Crippen molar-refractivity contribution in [1.82, 2.24) is 0 Å². The van der Waals surface area contributed by atoms with E-state index in [4.69, 9.17) is 10.4 Å². The number of unbranched alkanes of at least 4 members (excludes halogenated alkanes) is 1. The molecule has 0 aliphatic heterocycles. The van der Waals surface area contributed by atoms with Gasteiger partial charge in [0.1, 0.15) is 0 Å². The fourth-order valence-electron chi connectivity index (χ4n) is 0.939. The predicted molar refractivity (Wildman–Crippen MR) is 70.7 cm³/mol. The Labute approximate surface area is 103 Å². The summed E-state index contributed by atoms with van der Waals surface area (Å²) in [6.45, 7) is 4.52. The normalized spacial score (nSPS) is 13.4. The zero-order valence-corrected chi connectivity index (χ0v) is 11.4.